The second-order valence-corrected chi connectivity index (χ2v) is 46.2. The van der Waals surface area contributed by atoms with Crippen LogP contribution in [0, 0.1) is 41.4 Å². The summed E-state index contributed by atoms with van der Waals surface area (Å²) in [6, 6.07) is 2.23. The van der Waals surface area contributed by atoms with Crippen molar-refractivity contribution in [3.63, 3.8) is 0 Å². The molecule has 344 valence electrons. The zero-order valence-electron chi connectivity index (χ0n) is 40.5. The quantitative estimate of drug-likeness (QED) is 0.135. The van der Waals surface area contributed by atoms with Crippen molar-refractivity contribution < 1.29 is 50.7 Å². The molecule has 4 bridgehead atoms. The molecule has 4 aliphatic rings. The highest BCUT2D eigenvalue weighted by molar-refractivity contribution is 6.99. The zero-order chi connectivity index (χ0) is 44.9. The van der Waals surface area contributed by atoms with E-state index in [9.17, 15) is 9.59 Å². The van der Waals surface area contributed by atoms with Gasteiger partial charge in [-0.05, 0) is 93.4 Å². The van der Waals surface area contributed by atoms with Gasteiger partial charge in [-0.25, -0.2) is 0 Å². The van der Waals surface area contributed by atoms with Crippen LogP contribution >= 0.6 is 0 Å². The molecular formula is C39H84O12Si8. The SMILES string of the molecule is CC1=C(C)C([Si](C)(C)O[Si]2(CC(C)C)O[Si]3(CC(C)C)O[Si](O)(CC(C)C)O[Si]4(CC(C)C)O[Si](O)(CC(C)C)O[Si](CC(C)C)(O[Si](CC(C)C)(O4)O3)O2)C(C)=C1C. The maximum atomic E-state index is 13.2. The van der Waals surface area contributed by atoms with Gasteiger partial charge in [0, 0.05) is 47.8 Å². The minimum absolute atomic E-state index is 0.00108. The first kappa shape index (κ1) is 52.4. The Labute approximate surface area is 368 Å². The lowest BCUT2D eigenvalue weighted by atomic mass is 10.1. The molecule has 1 aliphatic carbocycles. The van der Waals surface area contributed by atoms with Gasteiger partial charge in [0.15, 0.2) is 8.32 Å². The summed E-state index contributed by atoms with van der Waals surface area (Å²) in [6.45, 7) is 42.7. The predicted molar refractivity (Wildman–Crippen MR) is 251 cm³/mol. The third kappa shape index (κ3) is 12.8. The van der Waals surface area contributed by atoms with Crippen molar-refractivity contribution in [2.75, 3.05) is 0 Å². The smallest absolute Gasteiger partial charge is 0.416 e. The third-order valence-corrected chi connectivity index (χ3v) is 48.5. The molecule has 3 fully saturated rings. The first-order chi connectivity index (χ1) is 26.8. The topological polar surface area (TPSA) is 133 Å². The fourth-order valence-electron chi connectivity index (χ4n) is 9.69. The standard InChI is InChI=1S/C39H84O12Si8/c1-28(2)21-53(40)43-56(24-31(7)8)44-54(41,22-29(3)4)46-58(26-33(11)12)48-55(23-30(5)6,42-52(19,20)39-37(17)35(15)36(16)38(39)18)47-57(45-53,25-32(9)10)50-59(49-56,51-58)27-34(13)14/h28-34,39-41H,21-27H2,1-20H3. The van der Waals surface area contributed by atoms with Crippen LogP contribution in [-0.4, -0.2) is 79.5 Å². The Morgan fingerprint density at radius 2 is 0.678 bits per heavy atom. The number of hydrogen-bond acceptors (Lipinski definition) is 12. The van der Waals surface area contributed by atoms with Gasteiger partial charge >= 0.3 is 61.6 Å². The van der Waals surface area contributed by atoms with E-state index in [0.717, 1.165) is 0 Å². The van der Waals surface area contributed by atoms with Crippen molar-refractivity contribution >= 4 is 69.9 Å². The molecular weight excluding hydrogens is 885 g/mol. The Morgan fingerprint density at radius 3 is 0.949 bits per heavy atom. The van der Waals surface area contributed by atoms with Crippen LogP contribution in [-0.2, 0) is 41.2 Å². The van der Waals surface area contributed by atoms with Crippen LogP contribution in [0.4, 0.5) is 0 Å². The van der Waals surface area contributed by atoms with Crippen LogP contribution in [0.25, 0.3) is 0 Å². The average molecular weight is 970 g/mol. The van der Waals surface area contributed by atoms with Crippen LogP contribution in [0.15, 0.2) is 22.3 Å². The zero-order valence-corrected chi connectivity index (χ0v) is 48.5. The molecule has 0 aromatic carbocycles. The highest BCUT2D eigenvalue weighted by atomic mass is 28.6. The highest BCUT2D eigenvalue weighted by Crippen LogP contribution is 2.53. The van der Waals surface area contributed by atoms with E-state index < -0.39 is 69.9 Å². The van der Waals surface area contributed by atoms with E-state index in [0.29, 0.717) is 30.2 Å². The van der Waals surface area contributed by atoms with Crippen LogP contribution in [0.3, 0.4) is 0 Å². The maximum Gasteiger partial charge on any atom is 0.483 e. The van der Waals surface area contributed by atoms with E-state index in [4.69, 9.17) is 41.2 Å². The maximum absolute atomic E-state index is 13.2. The number of fused-ring (bicyclic) bond motifs is 3. The molecule has 3 aliphatic heterocycles. The lowest BCUT2D eigenvalue weighted by molar-refractivity contribution is 0.00442. The molecule has 0 aromatic heterocycles. The van der Waals surface area contributed by atoms with Crippen LogP contribution in [0.1, 0.15) is 125 Å². The second-order valence-electron chi connectivity index (χ2n) is 21.7. The lowest BCUT2D eigenvalue weighted by Crippen LogP contribution is -2.83. The van der Waals surface area contributed by atoms with E-state index >= 15 is 0 Å². The number of rotatable bonds is 17. The fraction of sp³-hybridized carbons (Fsp3) is 0.897. The number of hydrogen-bond donors (Lipinski definition) is 2. The van der Waals surface area contributed by atoms with E-state index in [1.54, 1.807) is 0 Å². The molecule has 0 spiro atoms. The summed E-state index contributed by atoms with van der Waals surface area (Å²) in [5, 5.41) is 0. The van der Waals surface area contributed by atoms with Gasteiger partial charge in [-0.1, -0.05) is 108 Å². The minimum atomic E-state index is -4.34. The van der Waals surface area contributed by atoms with Crippen LogP contribution in [0.2, 0.25) is 60.9 Å². The molecule has 0 radical (unpaired) electrons. The molecule has 0 amide bonds. The summed E-state index contributed by atoms with van der Waals surface area (Å²) in [6.07, 6.45) is 0. The largest absolute Gasteiger partial charge is 0.483 e. The van der Waals surface area contributed by atoms with E-state index in [-0.39, 0.29) is 59.1 Å². The first-order valence-corrected chi connectivity index (χ1v) is 39.1. The molecule has 3 saturated heterocycles. The highest BCUT2D eigenvalue weighted by Gasteiger charge is 2.77. The Kier molecular flexibility index (Phi) is 16.8. The predicted octanol–water partition coefficient (Wildman–Crippen LogP) is 10.6. The van der Waals surface area contributed by atoms with Crippen molar-refractivity contribution in [1.29, 1.82) is 0 Å². The molecule has 59 heavy (non-hydrogen) atoms. The Morgan fingerprint density at radius 1 is 0.424 bits per heavy atom. The molecule has 0 saturated carbocycles. The molecule has 12 nitrogen and oxygen atoms in total. The van der Waals surface area contributed by atoms with Gasteiger partial charge in [0.1, 0.15) is 0 Å². The Bertz CT molecular complexity index is 1460. The van der Waals surface area contributed by atoms with Crippen molar-refractivity contribution in [2.24, 2.45) is 41.4 Å². The van der Waals surface area contributed by atoms with Crippen LogP contribution < -0.4 is 0 Å². The van der Waals surface area contributed by atoms with Crippen molar-refractivity contribution in [3.05, 3.63) is 22.3 Å². The molecule has 4 unspecified atom stereocenters. The van der Waals surface area contributed by atoms with Gasteiger partial charge in [-0.15, -0.1) is 0 Å². The van der Waals surface area contributed by atoms with Gasteiger partial charge in [-0.3, -0.25) is 0 Å². The van der Waals surface area contributed by atoms with Gasteiger partial charge in [0.25, 0.3) is 0 Å². The fourth-order valence-corrected chi connectivity index (χ4v) is 55.7. The van der Waals surface area contributed by atoms with E-state index in [1.807, 2.05) is 27.7 Å². The van der Waals surface area contributed by atoms with E-state index in [2.05, 4.69) is 110 Å². The van der Waals surface area contributed by atoms with Crippen molar-refractivity contribution in [3.8, 4) is 0 Å². The molecule has 3 heterocycles. The summed E-state index contributed by atoms with van der Waals surface area (Å²) in [5.74, 6) is 0.0848. The monoisotopic (exact) mass is 968 g/mol. The molecule has 4 atom stereocenters. The molecule has 2 N–H and O–H groups in total. The molecule has 4 rings (SSSR count). The Hall–Kier alpha value is 0.735. The second kappa shape index (κ2) is 18.9. The minimum Gasteiger partial charge on any atom is -0.416 e. The van der Waals surface area contributed by atoms with Gasteiger partial charge in [-0.2, -0.15) is 0 Å². The third-order valence-electron chi connectivity index (χ3n) is 11.2. The first-order valence-electron chi connectivity index (χ1n) is 22.6. The molecule has 20 heteroatoms. The molecule has 0 aromatic rings. The van der Waals surface area contributed by atoms with Crippen molar-refractivity contribution in [1.82, 2.24) is 0 Å². The summed E-state index contributed by atoms with van der Waals surface area (Å²) < 4.78 is 75.9. The summed E-state index contributed by atoms with van der Waals surface area (Å²) in [5.41, 5.74) is 5.28. The lowest BCUT2D eigenvalue weighted by Gasteiger charge is -2.59. The van der Waals surface area contributed by atoms with Crippen molar-refractivity contribution in [2.45, 2.75) is 186 Å². The summed E-state index contributed by atoms with van der Waals surface area (Å²) >= 11 is 0. The van der Waals surface area contributed by atoms with Gasteiger partial charge < -0.3 is 50.7 Å². The van der Waals surface area contributed by atoms with Gasteiger partial charge in [0.05, 0.1) is 0 Å². The normalized spacial score (nSPS) is 36.6. The number of allylic oxidation sites excluding steroid dienone is 4. The Balaban J connectivity index is 2.21. The van der Waals surface area contributed by atoms with Gasteiger partial charge in [0.2, 0.25) is 0 Å². The van der Waals surface area contributed by atoms with E-state index in [1.165, 1.54) is 22.3 Å². The summed E-state index contributed by atoms with van der Waals surface area (Å²) in [7, 11) is -32.2. The van der Waals surface area contributed by atoms with Crippen LogP contribution in [0.5, 0.6) is 0 Å². The summed E-state index contributed by atoms with van der Waals surface area (Å²) in [4.78, 5) is 26.4. The average Bonchev–Trinajstić information content (AvgIpc) is 3.13.